The summed E-state index contributed by atoms with van der Waals surface area (Å²) in [5, 5.41) is 13.9. The molecule has 0 aliphatic rings. The summed E-state index contributed by atoms with van der Waals surface area (Å²) in [4.78, 5) is 15.7. The van der Waals surface area contributed by atoms with Crippen molar-refractivity contribution in [1.82, 2.24) is 19.5 Å². The van der Waals surface area contributed by atoms with Crippen molar-refractivity contribution in [3.63, 3.8) is 0 Å². The van der Waals surface area contributed by atoms with Crippen LogP contribution in [0.5, 0.6) is 0 Å². The van der Waals surface area contributed by atoms with Crippen molar-refractivity contribution < 1.29 is 4.42 Å². The second-order valence-corrected chi connectivity index (χ2v) is 17.4. The quantitative estimate of drug-likeness (QED) is 0.177. The molecule has 0 aliphatic heterocycles. The van der Waals surface area contributed by atoms with Gasteiger partial charge in [-0.15, -0.1) is 11.3 Å². The lowest BCUT2D eigenvalue weighted by atomic mass is 10.0. The van der Waals surface area contributed by atoms with E-state index in [1.54, 1.807) is 11.3 Å². The van der Waals surface area contributed by atoms with Gasteiger partial charge in [0.1, 0.15) is 11.2 Å². The van der Waals surface area contributed by atoms with Crippen molar-refractivity contribution in [2.45, 2.75) is 0 Å². The van der Waals surface area contributed by atoms with E-state index in [1.165, 1.54) is 58.0 Å². The van der Waals surface area contributed by atoms with Crippen LogP contribution < -0.4 is 0 Å². The maximum absolute atomic E-state index is 6.93. The van der Waals surface area contributed by atoms with Crippen LogP contribution in [0.4, 0.5) is 0 Å². The highest BCUT2D eigenvalue weighted by Gasteiger charge is 2.23. The summed E-state index contributed by atoms with van der Waals surface area (Å²) in [5.74, 6) is 1.83. The predicted octanol–water partition coefficient (Wildman–Crippen LogP) is 15.7. The summed E-state index contributed by atoms with van der Waals surface area (Å²) in [6.45, 7) is 0. The zero-order chi connectivity index (χ0) is 41.2. The Morgan fingerprint density at radius 1 is 0.397 bits per heavy atom. The fourth-order valence-electron chi connectivity index (χ4n) is 9.92. The van der Waals surface area contributed by atoms with Gasteiger partial charge < -0.3 is 8.98 Å². The molecular formula is C57H32N4OS. The zero-order valence-corrected chi connectivity index (χ0v) is 34.4. The minimum Gasteiger partial charge on any atom is -0.455 e. The van der Waals surface area contributed by atoms with E-state index < -0.39 is 0 Å². The van der Waals surface area contributed by atoms with E-state index in [2.05, 4.69) is 174 Å². The van der Waals surface area contributed by atoms with E-state index in [0.717, 1.165) is 60.6 Å². The van der Waals surface area contributed by atoms with Gasteiger partial charge in [-0.3, -0.25) is 0 Å². The molecule has 0 bridgehead atoms. The lowest BCUT2D eigenvalue weighted by Crippen LogP contribution is -2.00. The molecule has 0 spiro atoms. The van der Waals surface area contributed by atoms with Crippen LogP contribution in [0.15, 0.2) is 199 Å². The molecule has 4 aromatic heterocycles. The SMILES string of the molecule is c1ccc(-c2nc(-c3ccc4c(c3)sc3ccccc34)nc(-c3cccc4oc5c6ccccc6c(-n6c7cc8ccccc8cc7c7ccc8ccccc8c76)cc5c34)n2)cc1. The lowest BCUT2D eigenvalue weighted by Gasteiger charge is -2.14. The molecule has 10 aromatic carbocycles. The topological polar surface area (TPSA) is 56.7 Å². The fourth-order valence-corrected chi connectivity index (χ4v) is 11.1. The number of aromatic nitrogens is 4. The van der Waals surface area contributed by atoms with Gasteiger partial charge in [0.25, 0.3) is 0 Å². The van der Waals surface area contributed by atoms with E-state index in [-0.39, 0.29) is 0 Å². The summed E-state index contributed by atoms with van der Waals surface area (Å²) < 4.78 is 11.9. The number of fused-ring (bicyclic) bond motifs is 14. The molecule has 0 N–H and O–H groups in total. The highest BCUT2D eigenvalue weighted by atomic mass is 32.1. The molecule has 0 amide bonds. The molecule has 0 fully saturated rings. The Bertz CT molecular complexity index is 4220. The molecule has 292 valence electrons. The van der Waals surface area contributed by atoms with Gasteiger partial charge >= 0.3 is 0 Å². The van der Waals surface area contributed by atoms with E-state index >= 15 is 0 Å². The van der Waals surface area contributed by atoms with Crippen molar-refractivity contribution >= 4 is 108 Å². The average molecular weight is 821 g/mol. The lowest BCUT2D eigenvalue weighted by molar-refractivity contribution is 0.672. The molecule has 0 atom stereocenters. The second kappa shape index (κ2) is 13.2. The van der Waals surface area contributed by atoms with Crippen molar-refractivity contribution in [2.75, 3.05) is 0 Å². The number of hydrogen-bond acceptors (Lipinski definition) is 5. The first kappa shape index (κ1) is 34.5. The second-order valence-electron chi connectivity index (χ2n) is 16.3. The van der Waals surface area contributed by atoms with Gasteiger partial charge in [0.15, 0.2) is 17.5 Å². The maximum Gasteiger partial charge on any atom is 0.164 e. The van der Waals surface area contributed by atoms with Crippen LogP contribution in [0.25, 0.3) is 136 Å². The molecule has 0 radical (unpaired) electrons. The summed E-state index contributed by atoms with van der Waals surface area (Å²) in [6, 6.07) is 69.1. The van der Waals surface area contributed by atoms with E-state index in [4.69, 9.17) is 19.4 Å². The Labute approximate surface area is 363 Å². The number of hydrogen-bond donors (Lipinski definition) is 0. The molecule has 0 unspecified atom stereocenters. The Balaban J connectivity index is 1.07. The van der Waals surface area contributed by atoms with Crippen molar-refractivity contribution in [2.24, 2.45) is 0 Å². The van der Waals surface area contributed by atoms with Crippen molar-refractivity contribution in [3.05, 3.63) is 194 Å². The van der Waals surface area contributed by atoms with Crippen LogP contribution in [-0.4, -0.2) is 19.5 Å². The minimum atomic E-state index is 0.590. The number of furan rings is 1. The molecule has 14 rings (SSSR count). The molecule has 5 nitrogen and oxygen atoms in total. The first-order valence-electron chi connectivity index (χ1n) is 21.2. The summed E-state index contributed by atoms with van der Waals surface area (Å²) in [6.07, 6.45) is 0. The van der Waals surface area contributed by atoms with Gasteiger partial charge in [0.05, 0.1) is 16.7 Å². The van der Waals surface area contributed by atoms with Crippen LogP contribution in [0.1, 0.15) is 0 Å². The van der Waals surface area contributed by atoms with Gasteiger partial charge in [-0.1, -0.05) is 158 Å². The van der Waals surface area contributed by atoms with Gasteiger partial charge in [-0.2, -0.15) is 0 Å². The van der Waals surface area contributed by atoms with Crippen LogP contribution in [0.2, 0.25) is 0 Å². The van der Waals surface area contributed by atoms with Crippen LogP contribution >= 0.6 is 11.3 Å². The molecule has 0 saturated heterocycles. The zero-order valence-electron chi connectivity index (χ0n) is 33.6. The van der Waals surface area contributed by atoms with E-state index in [9.17, 15) is 0 Å². The van der Waals surface area contributed by atoms with Gasteiger partial charge in [-0.05, 0) is 52.6 Å². The van der Waals surface area contributed by atoms with Gasteiger partial charge in [0, 0.05) is 74.6 Å². The largest absolute Gasteiger partial charge is 0.455 e. The van der Waals surface area contributed by atoms with Crippen LogP contribution in [-0.2, 0) is 0 Å². The standard InChI is InChI=1S/C57H32N4OS/c1-2-14-34(15-3-1)55-58-56(37-26-27-41-40-20-10-11-24-50(40)63-51(41)31-37)60-57(59-55)44-22-12-23-49-52(44)46-32-48(39-19-8-9-21-43(39)54(46)62-49)61-47-30-36-17-5-4-16-35(36)29-45(47)42-28-25-33-13-6-7-18-38(33)53(42)61/h1-32H. The summed E-state index contributed by atoms with van der Waals surface area (Å²) in [5.41, 5.74) is 7.78. The molecule has 0 aliphatic carbocycles. The number of thiophene rings is 1. The first-order chi connectivity index (χ1) is 31.2. The Hall–Kier alpha value is -8.19. The predicted molar refractivity (Wildman–Crippen MR) is 263 cm³/mol. The molecule has 14 aromatic rings. The Morgan fingerprint density at radius 2 is 1.06 bits per heavy atom. The third-order valence-electron chi connectivity index (χ3n) is 12.8. The van der Waals surface area contributed by atoms with Crippen LogP contribution in [0.3, 0.4) is 0 Å². The molecular weight excluding hydrogens is 789 g/mol. The Morgan fingerprint density at radius 3 is 1.92 bits per heavy atom. The normalized spacial score (nSPS) is 12.1. The van der Waals surface area contributed by atoms with Crippen molar-refractivity contribution in [3.8, 4) is 39.9 Å². The minimum absolute atomic E-state index is 0.590. The van der Waals surface area contributed by atoms with Gasteiger partial charge in [-0.25, -0.2) is 15.0 Å². The molecule has 6 heteroatoms. The fraction of sp³-hybridized carbons (Fsp3) is 0. The van der Waals surface area contributed by atoms with Crippen molar-refractivity contribution in [1.29, 1.82) is 0 Å². The van der Waals surface area contributed by atoms with Crippen LogP contribution in [0, 0.1) is 0 Å². The maximum atomic E-state index is 6.93. The first-order valence-corrected chi connectivity index (χ1v) is 22.0. The summed E-state index contributed by atoms with van der Waals surface area (Å²) >= 11 is 1.79. The molecule has 63 heavy (non-hydrogen) atoms. The molecule has 4 heterocycles. The van der Waals surface area contributed by atoms with E-state index in [0.29, 0.717) is 17.5 Å². The van der Waals surface area contributed by atoms with Gasteiger partial charge in [0.2, 0.25) is 0 Å². The number of benzene rings is 10. The number of nitrogens with zero attached hydrogens (tertiary/aromatic N) is 4. The third-order valence-corrected chi connectivity index (χ3v) is 13.9. The number of rotatable bonds is 4. The molecule has 0 saturated carbocycles. The smallest absolute Gasteiger partial charge is 0.164 e. The Kier molecular flexibility index (Phi) is 7.21. The highest BCUT2D eigenvalue weighted by Crippen LogP contribution is 2.45. The third kappa shape index (κ3) is 5.13. The summed E-state index contributed by atoms with van der Waals surface area (Å²) in [7, 11) is 0. The van der Waals surface area contributed by atoms with E-state index in [1.807, 2.05) is 24.3 Å². The average Bonchev–Trinajstić information content (AvgIpc) is 4.02. The highest BCUT2D eigenvalue weighted by molar-refractivity contribution is 7.25. The monoisotopic (exact) mass is 820 g/mol.